The van der Waals surface area contributed by atoms with E-state index in [1.54, 1.807) is 6.92 Å². The number of carbonyl (C=O) groups excluding carboxylic acids is 1. The van der Waals surface area contributed by atoms with E-state index in [0.717, 1.165) is 38.2 Å². The van der Waals surface area contributed by atoms with Crippen LogP contribution in [0.15, 0.2) is 12.7 Å². The lowest BCUT2D eigenvalue weighted by Gasteiger charge is -2.36. The summed E-state index contributed by atoms with van der Waals surface area (Å²) < 4.78 is 0. The van der Waals surface area contributed by atoms with Gasteiger partial charge in [-0.05, 0) is 31.8 Å². The molecule has 1 unspecified atom stereocenters. The highest BCUT2D eigenvalue weighted by Gasteiger charge is 2.42. The molecule has 2 N–H and O–H groups in total. The van der Waals surface area contributed by atoms with E-state index in [2.05, 4.69) is 11.9 Å². The fraction of sp³-hybridized carbons (Fsp3) is 0.667. The van der Waals surface area contributed by atoms with Crippen molar-refractivity contribution in [3.8, 4) is 0 Å². The van der Waals surface area contributed by atoms with Crippen molar-refractivity contribution >= 4 is 11.9 Å². The molecule has 1 rings (SSSR count). The Labute approximate surface area is 95.7 Å². The van der Waals surface area contributed by atoms with Crippen molar-refractivity contribution in [1.82, 2.24) is 5.32 Å². The summed E-state index contributed by atoms with van der Waals surface area (Å²) in [4.78, 5) is 22.6. The lowest BCUT2D eigenvalue weighted by atomic mass is 9.75. The van der Waals surface area contributed by atoms with Crippen LogP contribution in [0.4, 0.5) is 0 Å². The predicted octanol–water partition coefficient (Wildman–Crippen LogP) is 1.71. The van der Waals surface area contributed by atoms with Crippen molar-refractivity contribution in [2.45, 2.75) is 44.6 Å². The minimum atomic E-state index is -1.16. The fourth-order valence-electron chi connectivity index (χ4n) is 2.32. The van der Waals surface area contributed by atoms with Crippen LogP contribution < -0.4 is 5.32 Å². The standard InChI is InChI=1S/C12H19NO3/c1-3-10(14)13-12(2,11(15)16)9-7-5-4-6-8-9/h3,9H,1,4-8H2,2H3,(H,13,14)(H,15,16). The van der Waals surface area contributed by atoms with Crippen LogP contribution in [0.1, 0.15) is 39.0 Å². The fourth-order valence-corrected chi connectivity index (χ4v) is 2.32. The van der Waals surface area contributed by atoms with Gasteiger partial charge in [-0.3, -0.25) is 4.79 Å². The van der Waals surface area contributed by atoms with Gasteiger partial charge in [0.15, 0.2) is 0 Å². The second-order valence-corrected chi connectivity index (χ2v) is 4.54. The van der Waals surface area contributed by atoms with Gasteiger partial charge in [0.25, 0.3) is 0 Å². The molecule has 1 amide bonds. The smallest absolute Gasteiger partial charge is 0.329 e. The van der Waals surface area contributed by atoms with Crippen LogP contribution in [-0.2, 0) is 9.59 Å². The van der Waals surface area contributed by atoms with Gasteiger partial charge in [-0.2, -0.15) is 0 Å². The number of carboxylic acid groups (broad SMARTS) is 1. The maximum atomic E-state index is 11.3. The molecule has 16 heavy (non-hydrogen) atoms. The summed E-state index contributed by atoms with van der Waals surface area (Å²) in [6, 6.07) is 0. The van der Waals surface area contributed by atoms with Gasteiger partial charge in [0.2, 0.25) is 5.91 Å². The molecule has 90 valence electrons. The average Bonchev–Trinajstić information content (AvgIpc) is 2.29. The van der Waals surface area contributed by atoms with Gasteiger partial charge in [-0.15, -0.1) is 0 Å². The van der Waals surface area contributed by atoms with Gasteiger partial charge in [0.1, 0.15) is 5.54 Å². The summed E-state index contributed by atoms with van der Waals surface area (Å²) in [5.41, 5.74) is -1.16. The summed E-state index contributed by atoms with van der Waals surface area (Å²) in [5, 5.41) is 11.8. The number of hydrogen-bond donors (Lipinski definition) is 2. The lowest BCUT2D eigenvalue weighted by Crippen LogP contribution is -2.57. The van der Waals surface area contributed by atoms with Crippen LogP contribution >= 0.6 is 0 Å². The Morgan fingerprint density at radius 2 is 1.94 bits per heavy atom. The molecule has 4 heteroatoms. The molecule has 1 atom stereocenters. The van der Waals surface area contributed by atoms with E-state index < -0.39 is 17.4 Å². The zero-order valence-corrected chi connectivity index (χ0v) is 9.66. The Balaban J connectivity index is 2.81. The van der Waals surface area contributed by atoms with Crippen LogP contribution in [0.25, 0.3) is 0 Å². The molecule has 0 aromatic carbocycles. The summed E-state index contributed by atoms with van der Waals surface area (Å²) >= 11 is 0. The number of hydrogen-bond acceptors (Lipinski definition) is 2. The third-order valence-corrected chi connectivity index (χ3v) is 3.43. The van der Waals surface area contributed by atoms with Crippen molar-refractivity contribution in [2.24, 2.45) is 5.92 Å². The summed E-state index contributed by atoms with van der Waals surface area (Å²) in [6.07, 6.45) is 6.07. The molecule has 1 aliphatic rings. The van der Waals surface area contributed by atoms with Crippen molar-refractivity contribution in [1.29, 1.82) is 0 Å². The molecule has 0 radical (unpaired) electrons. The molecule has 0 heterocycles. The monoisotopic (exact) mass is 225 g/mol. The predicted molar refractivity (Wildman–Crippen MR) is 61.0 cm³/mol. The molecule has 4 nitrogen and oxygen atoms in total. The number of nitrogens with one attached hydrogen (secondary N) is 1. The van der Waals surface area contributed by atoms with Crippen LogP contribution in [0.3, 0.4) is 0 Å². The highest BCUT2D eigenvalue weighted by molar-refractivity contribution is 5.92. The third-order valence-electron chi connectivity index (χ3n) is 3.43. The Morgan fingerprint density at radius 1 is 1.38 bits per heavy atom. The minimum absolute atomic E-state index is 0.0163. The third kappa shape index (κ3) is 2.62. The highest BCUT2D eigenvalue weighted by Crippen LogP contribution is 2.32. The maximum Gasteiger partial charge on any atom is 0.329 e. The first-order valence-corrected chi connectivity index (χ1v) is 5.68. The molecular formula is C12H19NO3. The van der Waals surface area contributed by atoms with E-state index in [9.17, 15) is 14.7 Å². The number of rotatable bonds is 4. The Bertz CT molecular complexity index is 295. The molecule has 0 aromatic rings. The van der Waals surface area contributed by atoms with Crippen molar-refractivity contribution in [3.05, 3.63) is 12.7 Å². The van der Waals surface area contributed by atoms with Crippen LogP contribution in [-0.4, -0.2) is 22.5 Å². The van der Waals surface area contributed by atoms with Crippen molar-refractivity contribution in [2.75, 3.05) is 0 Å². The van der Waals surface area contributed by atoms with Gasteiger partial charge in [0.05, 0.1) is 0 Å². The number of carboxylic acids is 1. The molecule has 1 aliphatic carbocycles. The average molecular weight is 225 g/mol. The number of carbonyl (C=O) groups is 2. The van der Waals surface area contributed by atoms with Gasteiger partial charge in [-0.25, -0.2) is 4.79 Å². The molecule has 0 saturated heterocycles. The summed E-state index contributed by atoms with van der Waals surface area (Å²) in [5.74, 6) is -1.37. The van der Waals surface area contributed by atoms with Crippen LogP contribution in [0.5, 0.6) is 0 Å². The molecule has 0 aliphatic heterocycles. The first-order chi connectivity index (χ1) is 7.50. The van der Waals surface area contributed by atoms with Crippen LogP contribution in [0, 0.1) is 5.92 Å². The van der Waals surface area contributed by atoms with Gasteiger partial charge < -0.3 is 10.4 Å². The van der Waals surface area contributed by atoms with Gasteiger partial charge >= 0.3 is 5.97 Å². The summed E-state index contributed by atoms with van der Waals surface area (Å²) in [7, 11) is 0. The van der Waals surface area contributed by atoms with Crippen molar-refractivity contribution < 1.29 is 14.7 Å². The van der Waals surface area contributed by atoms with Gasteiger partial charge in [-0.1, -0.05) is 25.8 Å². The lowest BCUT2D eigenvalue weighted by molar-refractivity contribution is -0.149. The Kier molecular flexibility index (Phi) is 4.10. The van der Waals surface area contributed by atoms with E-state index in [0.29, 0.717) is 0 Å². The van der Waals surface area contributed by atoms with Crippen LogP contribution in [0.2, 0.25) is 0 Å². The second kappa shape index (κ2) is 5.14. The van der Waals surface area contributed by atoms with Gasteiger partial charge in [0, 0.05) is 0 Å². The summed E-state index contributed by atoms with van der Waals surface area (Å²) in [6.45, 7) is 4.93. The number of aliphatic carboxylic acids is 1. The molecule has 1 saturated carbocycles. The molecule has 1 fully saturated rings. The number of amides is 1. The van der Waals surface area contributed by atoms with E-state index in [4.69, 9.17) is 0 Å². The highest BCUT2D eigenvalue weighted by atomic mass is 16.4. The van der Waals surface area contributed by atoms with E-state index in [1.165, 1.54) is 0 Å². The van der Waals surface area contributed by atoms with Crippen molar-refractivity contribution in [3.63, 3.8) is 0 Å². The Hall–Kier alpha value is -1.32. The molecule has 0 aromatic heterocycles. The quantitative estimate of drug-likeness (QED) is 0.716. The van der Waals surface area contributed by atoms with E-state index in [-0.39, 0.29) is 5.92 Å². The van der Waals surface area contributed by atoms with E-state index in [1.807, 2.05) is 0 Å². The first-order valence-electron chi connectivity index (χ1n) is 5.68. The zero-order valence-electron chi connectivity index (χ0n) is 9.66. The SMILES string of the molecule is C=CC(=O)NC(C)(C(=O)O)C1CCCCC1. The second-order valence-electron chi connectivity index (χ2n) is 4.54. The maximum absolute atomic E-state index is 11.3. The topological polar surface area (TPSA) is 66.4 Å². The molecule has 0 spiro atoms. The normalized spacial score (nSPS) is 20.8. The largest absolute Gasteiger partial charge is 0.480 e. The zero-order chi connectivity index (χ0) is 12.2. The minimum Gasteiger partial charge on any atom is -0.480 e. The molecule has 0 bridgehead atoms. The van der Waals surface area contributed by atoms with E-state index >= 15 is 0 Å². The molecular weight excluding hydrogens is 206 g/mol. The first kappa shape index (κ1) is 12.7. The Morgan fingerprint density at radius 3 is 2.38 bits per heavy atom.